The predicted octanol–water partition coefficient (Wildman–Crippen LogP) is 7.72. The van der Waals surface area contributed by atoms with Crippen molar-refractivity contribution in [2.75, 3.05) is 0 Å². The Kier molecular flexibility index (Phi) is 7.21. The zero-order chi connectivity index (χ0) is 30.8. The van der Waals surface area contributed by atoms with Crippen LogP contribution in [-0.2, 0) is 11.8 Å². The van der Waals surface area contributed by atoms with Crippen LogP contribution in [0.15, 0.2) is 42.7 Å². The number of benzene rings is 2. The van der Waals surface area contributed by atoms with Crippen molar-refractivity contribution in [3.63, 3.8) is 0 Å². The number of hydrogen-bond donors (Lipinski definition) is 2. The van der Waals surface area contributed by atoms with Gasteiger partial charge in [0, 0.05) is 23.5 Å². The highest BCUT2D eigenvalue weighted by Crippen LogP contribution is 2.55. The van der Waals surface area contributed by atoms with Gasteiger partial charge in [0.05, 0.1) is 33.6 Å². The van der Waals surface area contributed by atoms with Crippen LogP contribution in [0.3, 0.4) is 0 Å². The predicted molar refractivity (Wildman–Crippen MR) is 127 cm³/mol. The van der Waals surface area contributed by atoms with Crippen molar-refractivity contribution in [3.8, 4) is 16.8 Å². The van der Waals surface area contributed by atoms with Gasteiger partial charge in [0.15, 0.2) is 0 Å². The van der Waals surface area contributed by atoms with Crippen LogP contribution in [0.1, 0.15) is 39.9 Å². The lowest BCUT2D eigenvalue weighted by atomic mass is 9.87. The van der Waals surface area contributed by atoms with Crippen LogP contribution in [0.25, 0.3) is 16.8 Å². The monoisotopic (exact) mass is 614 g/mol. The molecule has 220 valence electrons. The van der Waals surface area contributed by atoms with Gasteiger partial charge in [0.2, 0.25) is 0 Å². The summed E-state index contributed by atoms with van der Waals surface area (Å²) < 4.78 is 137. The highest BCUT2D eigenvalue weighted by atomic mass is 35.5. The van der Waals surface area contributed by atoms with E-state index in [0.29, 0.717) is 12.8 Å². The number of halogens is 11. The van der Waals surface area contributed by atoms with Crippen molar-refractivity contribution >= 4 is 23.7 Å². The number of alkyl halides is 10. The van der Waals surface area contributed by atoms with E-state index in [0.717, 1.165) is 30.2 Å². The molecule has 1 amide bonds. The highest BCUT2D eigenvalue weighted by molar-refractivity contribution is 6.34. The maximum atomic E-state index is 14.6. The Balaban J connectivity index is 1.80. The van der Waals surface area contributed by atoms with E-state index < -0.39 is 64.0 Å². The first-order valence-electron chi connectivity index (χ1n) is 11.5. The Hall–Kier alpha value is -3.62. The fourth-order valence-corrected chi connectivity index (χ4v) is 4.44. The molecular weight excluding hydrogens is 598 g/mol. The van der Waals surface area contributed by atoms with E-state index in [2.05, 4.69) is 10.4 Å². The number of hydrogen-bond acceptors (Lipinski definition) is 3. The number of nitrogens with one attached hydrogen (secondary N) is 2. The lowest BCUT2D eigenvalue weighted by molar-refractivity contribution is -0.348. The van der Waals surface area contributed by atoms with Crippen LogP contribution in [0.2, 0.25) is 5.02 Å². The largest absolute Gasteiger partial charge is 0.435 e. The smallest absolute Gasteiger partial charge is 0.342 e. The average molecular weight is 615 g/mol. The number of aromatic nitrogens is 2. The molecule has 0 atom stereocenters. The molecule has 16 heteroatoms. The summed E-state index contributed by atoms with van der Waals surface area (Å²) in [5, 5.41) is 14.0. The minimum absolute atomic E-state index is 0.00855. The van der Waals surface area contributed by atoms with E-state index in [9.17, 15) is 48.7 Å². The Morgan fingerprint density at radius 2 is 1.63 bits per heavy atom. The Labute approximate surface area is 229 Å². The lowest BCUT2D eigenvalue weighted by Gasteiger charge is -2.31. The van der Waals surface area contributed by atoms with Crippen molar-refractivity contribution in [3.05, 3.63) is 70.0 Å². The van der Waals surface area contributed by atoms with Gasteiger partial charge in [-0.3, -0.25) is 4.79 Å². The summed E-state index contributed by atoms with van der Waals surface area (Å²) in [7, 11) is 0. The van der Waals surface area contributed by atoms with Gasteiger partial charge in [-0.15, -0.1) is 0 Å². The molecule has 0 unspecified atom stereocenters. The Morgan fingerprint density at radius 1 is 1.02 bits per heavy atom. The average Bonchev–Trinajstić information content (AvgIpc) is 3.45. The first-order chi connectivity index (χ1) is 18.7. The Bertz CT molecular complexity index is 1510. The third-order valence-electron chi connectivity index (χ3n) is 6.58. The van der Waals surface area contributed by atoms with Crippen molar-refractivity contribution in [1.82, 2.24) is 15.1 Å². The van der Waals surface area contributed by atoms with E-state index >= 15 is 0 Å². The van der Waals surface area contributed by atoms with Gasteiger partial charge < -0.3 is 10.7 Å². The summed E-state index contributed by atoms with van der Waals surface area (Å²) in [5.74, 6) is -0.639. The standard InChI is InChI=1S/C25H17ClF10N4O/c1-12-6-14(22(27,24(31,32)33)25(34,35)36)7-17(23(28,29)30)19(12)13-9-38-40(10-13)15-2-3-18(26)16(8-15)20(41)39-21(11-37)4-5-21/h2-3,6-11,37H,4-5H2,1H3,(H,39,41). The molecule has 1 aliphatic carbocycles. The van der Waals surface area contributed by atoms with E-state index in [-0.39, 0.29) is 27.9 Å². The maximum absolute atomic E-state index is 14.6. The lowest BCUT2D eigenvalue weighted by Crippen LogP contribution is -2.50. The minimum Gasteiger partial charge on any atom is -0.342 e. The molecule has 41 heavy (non-hydrogen) atoms. The molecule has 1 saturated carbocycles. The molecule has 4 rings (SSSR count). The second-order valence-electron chi connectivity index (χ2n) is 9.46. The molecule has 1 aromatic heterocycles. The number of rotatable bonds is 6. The fourth-order valence-electron chi connectivity index (χ4n) is 4.24. The quantitative estimate of drug-likeness (QED) is 0.220. The fraction of sp³-hybridized carbons (Fsp3) is 0.320. The Morgan fingerprint density at radius 3 is 2.15 bits per heavy atom. The molecule has 3 aromatic rings. The van der Waals surface area contributed by atoms with Gasteiger partial charge in [0.25, 0.3) is 5.91 Å². The van der Waals surface area contributed by atoms with Gasteiger partial charge in [-0.2, -0.15) is 44.6 Å². The zero-order valence-electron chi connectivity index (χ0n) is 20.5. The molecule has 0 spiro atoms. The zero-order valence-corrected chi connectivity index (χ0v) is 21.2. The van der Waals surface area contributed by atoms with Gasteiger partial charge in [0.1, 0.15) is 0 Å². The van der Waals surface area contributed by atoms with Crippen LogP contribution in [0, 0.1) is 12.3 Å². The molecule has 0 radical (unpaired) electrons. The van der Waals surface area contributed by atoms with Crippen LogP contribution < -0.4 is 5.32 Å². The minimum atomic E-state index is -6.61. The molecule has 1 heterocycles. The van der Waals surface area contributed by atoms with E-state index in [1.54, 1.807) is 0 Å². The van der Waals surface area contributed by atoms with Crippen LogP contribution in [0.5, 0.6) is 0 Å². The maximum Gasteiger partial charge on any atom is 0.435 e. The molecule has 1 fully saturated rings. The van der Waals surface area contributed by atoms with E-state index in [1.165, 1.54) is 18.2 Å². The normalized spacial score (nSPS) is 15.5. The molecule has 5 nitrogen and oxygen atoms in total. The van der Waals surface area contributed by atoms with Crippen LogP contribution >= 0.6 is 11.6 Å². The van der Waals surface area contributed by atoms with Gasteiger partial charge >= 0.3 is 24.2 Å². The molecule has 0 saturated heterocycles. The van der Waals surface area contributed by atoms with Gasteiger partial charge in [-0.25, -0.2) is 9.07 Å². The SMILES string of the molecule is Cc1cc(C(F)(C(F)(F)F)C(F)(F)F)cc(C(F)(F)F)c1-c1cnn(-c2ccc(Cl)c(C(=O)NC3(C=N)CC3)c2)c1. The highest BCUT2D eigenvalue weighted by Gasteiger charge is 2.73. The number of carbonyl (C=O) groups excluding carboxylic acids is 1. The molecule has 2 aromatic carbocycles. The molecule has 0 aliphatic heterocycles. The molecule has 0 bridgehead atoms. The topological polar surface area (TPSA) is 70.8 Å². The summed E-state index contributed by atoms with van der Waals surface area (Å²) >= 11 is 6.12. The second-order valence-corrected chi connectivity index (χ2v) is 9.87. The van der Waals surface area contributed by atoms with Crippen molar-refractivity contribution < 1.29 is 48.7 Å². The second kappa shape index (κ2) is 9.74. The molecular formula is C25H17ClF10N4O. The van der Waals surface area contributed by atoms with Gasteiger partial charge in [-0.05, 0) is 55.2 Å². The number of carbonyl (C=O) groups is 1. The third-order valence-corrected chi connectivity index (χ3v) is 6.91. The summed E-state index contributed by atoms with van der Waals surface area (Å²) in [6, 6.07) is 3.45. The van der Waals surface area contributed by atoms with Crippen molar-refractivity contribution in [2.45, 2.75) is 49.5 Å². The van der Waals surface area contributed by atoms with Crippen LogP contribution in [0.4, 0.5) is 43.9 Å². The van der Waals surface area contributed by atoms with E-state index in [1.807, 2.05) is 0 Å². The van der Waals surface area contributed by atoms with Crippen molar-refractivity contribution in [2.24, 2.45) is 0 Å². The van der Waals surface area contributed by atoms with Crippen LogP contribution in [-0.4, -0.2) is 39.8 Å². The molecule has 2 N–H and O–H groups in total. The van der Waals surface area contributed by atoms with Gasteiger partial charge in [-0.1, -0.05) is 17.7 Å². The number of amides is 1. The third kappa shape index (κ3) is 5.38. The summed E-state index contributed by atoms with van der Waals surface area (Å²) in [6.07, 6.45) is -14.7. The van der Waals surface area contributed by atoms with E-state index in [4.69, 9.17) is 17.0 Å². The first-order valence-corrected chi connectivity index (χ1v) is 11.9. The summed E-state index contributed by atoms with van der Waals surface area (Å²) in [6.45, 7) is 0.806. The summed E-state index contributed by atoms with van der Waals surface area (Å²) in [5.41, 5.74) is -12.9. The molecule has 1 aliphatic rings. The number of nitrogens with zero attached hydrogens (tertiary/aromatic N) is 2. The summed E-state index contributed by atoms with van der Waals surface area (Å²) in [4.78, 5) is 12.7. The van der Waals surface area contributed by atoms with Crippen molar-refractivity contribution in [1.29, 1.82) is 5.41 Å². The number of aryl methyl sites for hydroxylation is 1. The first kappa shape index (κ1) is 30.3.